The summed E-state index contributed by atoms with van der Waals surface area (Å²) < 4.78 is 49.1. The van der Waals surface area contributed by atoms with Crippen LogP contribution >= 0.6 is 11.3 Å². The van der Waals surface area contributed by atoms with Crippen molar-refractivity contribution < 1.29 is 32.5 Å². The molecule has 0 radical (unpaired) electrons. The molecule has 7 atom stereocenters. The molecule has 1 amide bonds. The summed E-state index contributed by atoms with van der Waals surface area (Å²) in [6, 6.07) is 14.9. The predicted molar refractivity (Wildman–Crippen MR) is 212 cm³/mol. The number of carbonyl (C=O) groups excluding carboxylic acids is 1. The van der Waals surface area contributed by atoms with E-state index in [4.69, 9.17) is 19.2 Å². The maximum absolute atomic E-state index is 14.4. The van der Waals surface area contributed by atoms with E-state index in [2.05, 4.69) is 15.5 Å². The van der Waals surface area contributed by atoms with E-state index in [0.717, 1.165) is 72.1 Å². The van der Waals surface area contributed by atoms with Crippen LogP contribution in [0.5, 0.6) is 0 Å². The van der Waals surface area contributed by atoms with E-state index in [1.165, 1.54) is 41.3 Å². The number of piperidine rings is 1. The van der Waals surface area contributed by atoms with Gasteiger partial charge in [-0.25, -0.2) is 18.2 Å². The molecule has 6 fully saturated rings. The van der Waals surface area contributed by atoms with E-state index in [-0.39, 0.29) is 48.6 Å². The summed E-state index contributed by atoms with van der Waals surface area (Å²) in [7, 11) is -4.04. The number of sulfonamides is 1. The zero-order chi connectivity index (χ0) is 38.1. The predicted octanol–water partition coefficient (Wildman–Crippen LogP) is 6.00. The summed E-state index contributed by atoms with van der Waals surface area (Å²) in [4.78, 5) is 21.2. The van der Waals surface area contributed by atoms with E-state index < -0.39 is 34.4 Å². The quantitative estimate of drug-likeness (QED) is 0.178. The second-order valence-corrected chi connectivity index (χ2v) is 19.8. The minimum atomic E-state index is -4.04. The molecule has 2 aliphatic carbocycles. The Labute approximate surface area is 329 Å². The van der Waals surface area contributed by atoms with E-state index >= 15 is 0 Å². The first-order valence-corrected chi connectivity index (χ1v) is 22.7. The van der Waals surface area contributed by atoms with Crippen LogP contribution in [0.4, 0.5) is 9.93 Å². The topological polar surface area (TPSA) is 143 Å². The van der Waals surface area contributed by atoms with Gasteiger partial charge < -0.3 is 34.9 Å². The first kappa shape index (κ1) is 39.0. The minimum absolute atomic E-state index is 0.0153. The lowest BCUT2D eigenvalue weighted by molar-refractivity contribution is -0.139. The van der Waals surface area contributed by atoms with Gasteiger partial charge in [0, 0.05) is 50.1 Å². The summed E-state index contributed by atoms with van der Waals surface area (Å²) >= 11 is 1.48. The zero-order valence-electron chi connectivity index (χ0n) is 32.1. The number of nitrogens with one attached hydrogen (secondary N) is 2. The maximum atomic E-state index is 14.4. The van der Waals surface area contributed by atoms with Gasteiger partial charge in [0.15, 0.2) is 11.4 Å². The fraction of sp³-hybridized carbons (Fsp3) is 0.659. The SMILES string of the molecule is CC(C)CN(C[C@@H](O)[C@H](Cc1ccccc1)NC(=O)OC1C2CCC3CC1OC3OC2)S(=O)(=O)c1ccc2nc(NC3CCN(C4CCCC4)CC3)sc2c1. The number of thiazole rings is 1. The van der Waals surface area contributed by atoms with Gasteiger partial charge in [-0.05, 0) is 81.0 Å². The van der Waals surface area contributed by atoms with Crippen molar-refractivity contribution in [3.8, 4) is 0 Å². The number of rotatable bonds is 14. The van der Waals surface area contributed by atoms with Crippen molar-refractivity contribution in [2.75, 3.05) is 38.1 Å². The molecule has 1 aromatic heterocycles. The van der Waals surface area contributed by atoms with Crippen LogP contribution < -0.4 is 10.6 Å². The van der Waals surface area contributed by atoms with Gasteiger partial charge in [0.05, 0.1) is 40.0 Å². The highest BCUT2D eigenvalue weighted by molar-refractivity contribution is 7.89. The van der Waals surface area contributed by atoms with Gasteiger partial charge in [0.25, 0.3) is 0 Å². The van der Waals surface area contributed by atoms with Gasteiger partial charge in [0.1, 0.15) is 6.10 Å². The number of benzene rings is 2. The minimum Gasteiger partial charge on any atom is -0.443 e. The Hall–Kier alpha value is -2.85. The molecule has 55 heavy (non-hydrogen) atoms. The Bertz CT molecular complexity index is 1850. The van der Waals surface area contributed by atoms with Gasteiger partial charge >= 0.3 is 6.09 Å². The molecule has 5 unspecified atom stereocenters. The third kappa shape index (κ3) is 9.00. The average Bonchev–Trinajstić information content (AvgIpc) is 3.86. The Morgan fingerprint density at radius 3 is 2.56 bits per heavy atom. The van der Waals surface area contributed by atoms with E-state index in [9.17, 15) is 18.3 Å². The number of fused-ring (bicyclic) bond motifs is 3. The number of aromatic nitrogens is 1. The summed E-state index contributed by atoms with van der Waals surface area (Å²) in [5.41, 5.74) is 1.65. The number of anilines is 1. The molecule has 4 saturated heterocycles. The molecule has 3 aromatic rings. The standard InChI is InChI=1S/C41H57N5O7S2/c1-26(2)23-46(55(49,50)32-14-15-33-37(22-32)54-40(43-33)42-30-16-18-45(19-17-30)31-10-6-7-11-31)24-35(47)34(20-27-8-4-3-5-9-27)44-41(48)53-38-29-13-12-28-21-36(38)52-39(28)51-25-29/h3-5,8-9,14-15,22,26,28-31,34-36,38-39,47H,6-7,10-13,16-21,23-25H2,1-2H3,(H,42,43)(H,44,48)/t28?,29?,34-,35+,36?,38?,39?/m0/s1. The highest BCUT2D eigenvalue weighted by Gasteiger charge is 2.50. The molecule has 0 spiro atoms. The maximum Gasteiger partial charge on any atom is 0.407 e. The number of likely N-dealkylation sites (tertiary alicyclic amines) is 1. The van der Waals surface area contributed by atoms with E-state index in [1.807, 2.05) is 44.2 Å². The fourth-order valence-electron chi connectivity index (χ4n) is 9.46. The van der Waals surface area contributed by atoms with Gasteiger partial charge in [0.2, 0.25) is 10.0 Å². The molecular weight excluding hydrogens is 739 g/mol. The number of hydrogen-bond acceptors (Lipinski definition) is 11. The smallest absolute Gasteiger partial charge is 0.407 e. The number of nitrogens with zero attached hydrogens (tertiary/aromatic N) is 3. The first-order valence-electron chi connectivity index (χ1n) is 20.5. The third-order valence-corrected chi connectivity index (χ3v) is 15.2. The molecule has 2 saturated carbocycles. The second kappa shape index (κ2) is 16.9. The highest BCUT2D eigenvalue weighted by atomic mass is 32.2. The molecule has 3 N–H and O–H groups in total. The Morgan fingerprint density at radius 2 is 1.80 bits per heavy atom. The van der Waals surface area contributed by atoms with Crippen molar-refractivity contribution in [3.05, 3.63) is 54.1 Å². The number of hydrogen-bond donors (Lipinski definition) is 3. The second-order valence-electron chi connectivity index (χ2n) is 16.8. The van der Waals surface area contributed by atoms with Crippen LogP contribution in [-0.4, -0.2) is 109 Å². The Balaban J connectivity index is 0.956. The normalized spacial score (nSPS) is 27.5. The Morgan fingerprint density at radius 1 is 1.04 bits per heavy atom. The van der Waals surface area contributed by atoms with Crippen molar-refractivity contribution in [1.82, 2.24) is 19.5 Å². The highest BCUT2D eigenvalue weighted by Crippen LogP contribution is 2.44. The molecule has 4 aliphatic heterocycles. The lowest BCUT2D eigenvalue weighted by Gasteiger charge is -2.36. The molecule has 5 heterocycles. The van der Waals surface area contributed by atoms with Gasteiger partial charge in [-0.15, -0.1) is 0 Å². The van der Waals surface area contributed by atoms with Crippen LogP contribution in [0.2, 0.25) is 0 Å². The van der Waals surface area contributed by atoms with Crippen LogP contribution in [0.1, 0.15) is 77.2 Å². The van der Waals surface area contributed by atoms with Crippen molar-refractivity contribution in [1.29, 1.82) is 0 Å². The van der Waals surface area contributed by atoms with Crippen LogP contribution in [0, 0.1) is 17.8 Å². The monoisotopic (exact) mass is 795 g/mol. The van der Waals surface area contributed by atoms with Gasteiger partial charge in [-0.3, -0.25) is 0 Å². The molecule has 2 aromatic carbocycles. The molecular formula is C41H57N5O7S2. The molecule has 9 rings (SSSR count). The summed E-state index contributed by atoms with van der Waals surface area (Å²) in [5, 5.41) is 19.2. The molecule has 300 valence electrons. The number of carbonyl (C=O) groups is 1. The van der Waals surface area contributed by atoms with Crippen molar-refractivity contribution in [2.45, 2.75) is 126 Å². The van der Waals surface area contributed by atoms with Crippen LogP contribution in [0.3, 0.4) is 0 Å². The third-order valence-electron chi connectivity index (χ3n) is 12.4. The van der Waals surface area contributed by atoms with Crippen LogP contribution in [0.25, 0.3) is 10.2 Å². The molecule has 12 nitrogen and oxygen atoms in total. The Kier molecular flexibility index (Phi) is 12.0. The van der Waals surface area contributed by atoms with E-state index in [0.29, 0.717) is 18.6 Å². The van der Waals surface area contributed by atoms with Crippen LogP contribution in [0.15, 0.2) is 53.4 Å². The molecule has 6 aliphatic rings. The van der Waals surface area contributed by atoms with Crippen molar-refractivity contribution >= 4 is 42.8 Å². The first-order chi connectivity index (χ1) is 26.6. The summed E-state index contributed by atoms with van der Waals surface area (Å²) in [6.45, 7) is 6.58. The summed E-state index contributed by atoms with van der Waals surface area (Å²) in [5.74, 6) is 0.344. The lowest BCUT2D eigenvalue weighted by atomic mass is 9.96. The zero-order valence-corrected chi connectivity index (χ0v) is 33.7. The fourth-order valence-corrected chi connectivity index (χ4v) is 12.2. The molecule has 4 bridgehead atoms. The van der Waals surface area contributed by atoms with Gasteiger partial charge in [-0.1, -0.05) is 68.4 Å². The van der Waals surface area contributed by atoms with Crippen molar-refractivity contribution in [3.63, 3.8) is 0 Å². The van der Waals surface area contributed by atoms with E-state index in [1.54, 1.807) is 18.2 Å². The number of aliphatic hydroxyl groups excluding tert-OH is 1. The number of alkyl carbamates (subject to hydrolysis) is 1. The number of amides is 1. The lowest BCUT2D eigenvalue weighted by Crippen LogP contribution is -2.52. The van der Waals surface area contributed by atoms with Crippen molar-refractivity contribution in [2.24, 2.45) is 17.8 Å². The van der Waals surface area contributed by atoms with Crippen LogP contribution in [-0.2, 0) is 30.7 Å². The average molecular weight is 796 g/mol. The number of ether oxygens (including phenoxy) is 3. The summed E-state index contributed by atoms with van der Waals surface area (Å²) in [6.07, 6.45) is 7.66. The molecule has 14 heteroatoms. The van der Waals surface area contributed by atoms with Gasteiger partial charge in [-0.2, -0.15) is 4.31 Å². The number of aliphatic hydroxyl groups is 1. The largest absolute Gasteiger partial charge is 0.443 e.